The molecule has 2 rings (SSSR count). The second kappa shape index (κ2) is 7.93. The lowest BCUT2D eigenvalue weighted by atomic mass is 10.0. The standard InChI is InChI=1S/C17H24ClFN2O/c1-12(2)16(11-21-7-3-4-8-21)20-17(22)14-6-5-13(10-19)9-15(14)18/h5-6,9,12,16H,3-4,7-8,10-11H2,1-2H3,(H,20,22). The molecule has 0 bridgehead atoms. The molecule has 1 fully saturated rings. The Hall–Kier alpha value is -1.13. The Balaban J connectivity index is 2.03. The minimum absolute atomic E-state index is 0.0857. The molecule has 1 aromatic rings. The fourth-order valence-electron chi connectivity index (χ4n) is 2.74. The van der Waals surface area contributed by atoms with Gasteiger partial charge in [-0.3, -0.25) is 4.79 Å². The average Bonchev–Trinajstić information content (AvgIpc) is 2.99. The maximum absolute atomic E-state index is 12.6. The van der Waals surface area contributed by atoms with E-state index in [2.05, 4.69) is 24.1 Å². The van der Waals surface area contributed by atoms with Gasteiger partial charge in [0.1, 0.15) is 6.67 Å². The van der Waals surface area contributed by atoms with Crippen molar-refractivity contribution in [2.45, 2.75) is 39.4 Å². The molecule has 1 aliphatic rings. The number of benzene rings is 1. The first kappa shape index (κ1) is 17.2. The van der Waals surface area contributed by atoms with Crippen LogP contribution in [0.2, 0.25) is 5.02 Å². The van der Waals surface area contributed by atoms with Gasteiger partial charge >= 0.3 is 0 Å². The van der Waals surface area contributed by atoms with Gasteiger partial charge in [-0.05, 0) is 49.5 Å². The zero-order valence-corrected chi connectivity index (χ0v) is 14.0. The van der Waals surface area contributed by atoms with E-state index in [9.17, 15) is 9.18 Å². The molecule has 1 aromatic carbocycles. The highest BCUT2D eigenvalue weighted by molar-refractivity contribution is 6.33. The lowest BCUT2D eigenvalue weighted by Crippen LogP contribution is -2.46. The fraction of sp³-hybridized carbons (Fsp3) is 0.588. The lowest BCUT2D eigenvalue weighted by Gasteiger charge is -2.27. The Morgan fingerprint density at radius 3 is 2.59 bits per heavy atom. The van der Waals surface area contributed by atoms with Crippen molar-refractivity contribution < 1.29 is 9.18 Å². The Kier molecular flexibility index (Phi) is 6.21. The molecule has 0 aromatic heterocycles. The summed E-state index contributed by atoms with van der Waals surface area (Å²) in [5, 5.41) is 3.38. The van der Waals surface area contributed by atoms with Gasteiger partial charge in [-0.25, -0.2) is 4.39 Å². The van der Waals surface area contributed by atoms with E-state index in [0.29, 0.717) is 22.1 Å². The van der Waals surface area contributed by atoms with Crippen LogP contribution in [-0.4, -0.2) is 36.5 Å². The van der Waals surface area contributed by atoms with Gasteiger partial charge in [0.15, 0.2) is 0 Å². The molecule has 1 aliphatic heterocycles. The molecule has 0 radical (unpaired) electrons. The van der Waals surface area contributed by atoms with Crippen LogP contribution in [0, 0.1) is 5.92 Å². The monoisotopic (exact) mass is 326 g/mol. The molecule has 0 spiro atoms. The van der Waals surface area contributed by atoms with Gasteiger partial charge in [0.05, 0.1) is 10.6 Å². The Morgan fingerprint density at radius 2 is 2.05 bits per heavy atom. The van der Waals surface area contributed by atoms with Crippen molar-refractivity contribution >= 4 is 17.5 Å². The Bertz CT molecular complexity index is 515. The first-order valence-electron chi connectivity index (χ1n) is 7.89. The first-order valence-corrected chi connectivity index (χ1v) is 8.26. The second-order valence-electron chi connectivity index (χ2n) is 6.28. The predicted molar refractivity (Wildman–Crippen MR) is 88.0 cm³/mol. The zero-order valence-electron chi connectivity index (χ0n) is 13.2. The minimum Gasteiger partial charge on any atom is -0.348 e. The molecule has 122 valence electrons. The number of rotatable bonds is 6. The van der Waals surface area contributed by atoms with Gasteiger partial charge in [-0.1, -0.05) is 31.5 Å². The highest BCUT2D eigenvalue weighted by atomic mass is 35.5. The van der Waals surface area contributed by atoms with E-state index in [1.807, 2.05) is 0 Å². The third-order valence-corrected chi connectivity index (χ3v) is 4.52. The summed E-state index contributed by atoms with van der Waals surface area (Å²) >= 11 is 6.10. The molecule has 1 saturated heterocycles. The quantitative estimate of drug-likeness (QED) is 0.865. The van der Waals surface area contributed by atoms with Crippen molar-refractivity contribution in [3.8, 4) is 0 Å². The first-order chi connectivity index (χ1) is 10.5. The second-order valence-corrected chi connectivity index (χ2v) is 6.69. The molecule has 3 nitrogen and oxygen atoms in total. The normalized spacial score (nSPS) is 17.0. The number of carbonyl (C=O) groups excluding carboxylic acids is 1. The number of nitrogens with zero attached hydrogens (tertiary/aromatic N) is 1. The molecular weight excluding hydrogens is 303 g/mol. The van der Waals surface area contributed by atoms with Crippen LogP contribution in [0.3, 0.4) is 0 Å². The third-order valence-electron chi connectivity index (χ3n) is 4.21. The smallest absolute Gasteiger partial charge is 0.253 e. The largest absolute Gasteiger partial charge is 0.348 e. The van der Waals surface area contributed by atoms with Gasteiger partial charge in [-0.2, -0.15) is 0 Å². The van der Waals surface area contributed by atoms with Gasteiger partial charge in [0.25, 0.3) is 5.91 Å². The summed E-state index contributed by atoms with van der Waals surface area (Å²) in [7, 11) is 0. The van der Waals surface area contributed by atoms with E-state index >= 15 is 0 Å². The van der Waals surface area contributed by atoms with Crippen LogP contribution < -0.4 is 5.32 Å². The molecule has 0 aliphatic carbocycles. The number of hydrogen-bond acceptors (Lipinski definition) is 2. The summed E-state index contributed by atoms with van der Waals surface area (Å²) in [6, 6.07) is 4.80. The molecule has 1 atom stereocenters. The summed E-state index contributed by atoms with van der Waals surface area (Å²) in [5.41, 5.74) is 0.893. The van der Waals surface area contributed by atoms with E-state index in [4.69, 9.17) is 11.6 Å². The number of halogens is 2. The number of hydrogen-bond donors (Lipinski definition) is 1. The van der Waals surface area contributed by atoms with Crippen molar-refractivity contribution in [1.29, 1.82) is 0 Å². The van der Waals surface area contributed by atoms with Gasteiger partial charge in [0, 0.05) is 12.6 Å². The topological polar surface area (TPSA) is 32.3 Å². The van der Waals surface area contributed by atoms with E-state index in [1.54, 1.807) is 12.1 Å². The summed E-state index contributed by atoms with van der Waals surface area (Å²) in [4.78, 5) is 14.8. The number of alkyl halides is 1. The molecule has 0 saturated carbocycles. The van der Waals surface area contributed by atoms with Crippen molar-refractivity contribution in [1.82, 2.24) is 10.2 Å². The van der Waals surface area contributed by atoms with E-state index in [1.165, 1.54) is 18.9 Å². The molecule has 1 amide bonds. The summed E-state index contributed by atoms with van der Waals surface area (Å²) < 4.78 is 12.6. The number of nitrogens with one attached hydrogen (secondary N) is 1. The van der Waals surface area contributed by atoms with Crippen LogP contribution in [0.15, 0.2) is 18.2 Å². The van der Waals surface area contributed by atoms with Gasteiger partial charge in [0.2, 0.25) is 0 Å². The number of likely N-dealkylation sites (tertiary alicyclic amines) is 1. The molecule has 22 heavy (non-hydrogen) atoms. The Morgan fingerprint density at radius 1 is 1.36 bits per heavy atom. The SMILES string of the molecule is CC(C)C(CN1CCCC1)NC(=O)c1ccc(CF)cc1Cl. The van der Waals surface area contributed by atoms with Crippen LogP contribution in [0.5, 0.6) is 0 Å². The fourth-order valence-corrected chi connectivity index (χ4v) is 3.03. The summed E-state index contributed by atoms with van der Waals surface area (Å²) in [5.74, 6) is 0.154. The minimum atomic E-state index is -0.578. The van der Waals surface area contributed by atoms with Crippen LogP contribution in [0.25, 0.3) is 0 Å². The number of carbonyl (C=O) groups is 1. The van der Waals surface area contributed by atoms with Crippen LogP contribution >= 0.6 is 11.6 Å². The summed E-state index contributed by atoms with van der Waals surface area (Å²) in [6.07, 6.45) is 2.46. The molecule has 1 unspecified atom stereocenters. The highest BCUT2D eigenvalue weighted by Gasteiger charge is 2.23. The predicted octanol–water partition coefficient (Wildman–Crippen LogP) is 3.66. The molecule has 1 heterocycles. The maximum Gasteiger partial charge on any atom is 0.253 e. The lowest BCUT2D eigenvalue weighted by molar-refractivity contribution is 0.0913. The third kappa shape index (κ3) is 4.43. The average molecular weight is 327 g/mol. The molecule has 5 heteroatoms. The van der Waals surface area contributed by atoms with Crippen LogP contribution in [0.1, 0.15) is 42.6 Å². The van der Waals surface area contributed by atoms with Crippen molar-refractivity contribution in [3.05, 3.63) is 34.3 Å². The molecule has 1 N–H and O–H groups in total. The van der Waals surface area contributed by atoms with E-state index in [0.717, 1.165) is 19.6 Å². The highest BCUT2D eigenvalue weighted by Crippen LogP contribution is 2.19. The van der Waals surface area contributed by atoms with Gasteiger partial charge in [-0.15, -0.1) is 0 Å². The summed E-state index contributed by atoms with van der Waals surface area (Å²) in [6.45, 7) is 6.70. The van der Waals surface area contributed by atoms with Crippen molar-refractivity contribution in [2.24, 2.45) is 5.92 Å². The number of amides is 1. The maximum atomic E-state index is 12.6. The van der Waals surface area contributed by atoms with Crippen molar-refractivity contribution in [3.63, 3.8) is 0 Å². The van der Waals surface area contributed by atoms with Crippen LogP contribution in [0.4, 0.5) is 4.39 Å². The van der Waals surface area contributed by atoms with Crippen molar-refractivity contribution in [2.75, 3.05) is 19.6 Å². The van der Waals surface area contributed by atoms with E-state index in [-0.39, 0.29) is 11.9 Å². The molecular formula is C17H24ClFN2O. The Labute approximate surface area is 136 Å². The van der Waals surface area contributed by atoms with E-state index < -0.39 is 6.67 Å². The zero-order chi connectivity index (χ0) is 16.1. The van der Waals surface area contributed by atoms with Gasteiger partial charge < -0.3 is 10.2 Å². The van der Waals surface area contributed by atoms with Crippen LogP contribution in [-0.2, 0) is 6.67 Å².